The molecule has 0 aromatic carbocycles. The number of alkyl carbamates (subject to hydrolysis) is 1. The lowest BCUT2D eigenvalue weighted by Gasteiger charge is -2.32. The van der Waals surface area contributed by atoms with Crippen LogP contribution in [0.25, 0.3) is 0 Å². The Kier molecular flexibility index (Phi) is 10.7. The highest BCUT2D eigenvalue weighted by Crippen LogP contribution is 2.38. The number of ether oxygens (including phenoxy) is 2. The van der Waals surface area contributed by atoms with Crippen molar-refractivity contribution in [3.8, 4) is 0 Å². The Morgan fingerprint density at radius 1 is 1.25 bits per heavy atom. The first-order valence-electron chi connectivity index (χ1n) is 13.2. The molecule has 14 heteroatoms. The molecule has 1 aliphatic heterocycles. The fraction of sp³-hybridized carbons (Fsp3) is 0.692. The van der Waals surface area contributed by atoms with E-state index < -0.39 is 42.5 Å². The van der Waals surface area contributed by atoms with E-state index in [1.54, 1.807) is 26.7 Å². The lowest BCUT2D eigenvalue weighted by atomic mass is 9.83. The molecular formula is C26H36F3N5O5S. The summed E-state index contributed by atoms with van der Waals surface area (Å²) in [4.78, 5) is 42.5. The van der Waals surface area contributed by atoms with E-state index in [9.17, 15) is 27.6 Å². The average molecular weight is 588 g/mol. The molecular weight excluding hydrogens is 551 g/mol. The molecule has 1 aliphatic carbocycles. The number of amides is 1. The van der Waals surface area contributed by atoms with Gasteiger partial charge in [-0.2, -0.15) is 13.2 Å². The van der Waals surface area contributed by atoms with E-state index in [2.05, 4.69) is 20.9 Å². The number of thiazole rings is 1. The van der Waals surface area contributed by atoms with Crippen LogP contribution in [0, 0.1) is 5.92 Å². The molecule has 2 aliphatic rings. The van der Waals surface area contributed by atoms with Gasteiger partial charge in [0.15, 0.2) is 16.9 Å². The predicted octanol–water partition coefficient (Wildman–Crippen LogP) is 4.33. The van der Waals surface area contributed by atoms with Crippen LogP contribution in [0.4, 0.5) is 23.1 Å². The number of methoxy groups -OCH3 is 1. The molecule has 10 nitrogen and oxygen atoms in total. The molecule has 3 atom stereocenters. The molecule has 2 heterocycles. The van der Waals surface area contributed by atoms with Crippen molar-refractivity contribution >= 4 is 34.4 Å². The summed E-state index contributed by atoms with van der Waals surface area (Å²) in [5.41, 5.74) is -0.647. The molecule has 1 aromatic heterocycles. The minimum absolute atomic E-state index is 0.0191. The smallest absolute Gasteiger partial charge is 0.410 e. The summed E-state index contributed by atoms with van der Waals surface area (Å²) < 4.78 is 50.8. The van der Waals surface area contributed by atoms with Crippen molar-refractivity contribution in [1.29, 1.82) is 0 Å². The molecule has 1 amide bonds. The Bertz CT molecular complexity index is 1120. The van der Waals surface area contributed by atoms with Crippen LogP contribution in [0.1, 0.15) is 70.2 Å². The number of carbonyl (C=O) groups excluding carboxylic acids is 3. The summed E-state index contributed by atoms with van der Waals surface area (Å²) in [5, 5.41) is 8.29. The van der Waals surface area contributed by atoms with Gasteiger partial charge in [0.05, 0.1) is 12.1 Å². The van der Waals surface area contributed by atoms with Gasteiger partial charge >= 0.3 is 12.3 Å². The number of hydrogen-bond acceptors (Lipinski definition) is 10. The molecule has 0 bridgehead atoms. The van der Waals surface area contributed by atoms with Crippen molar-refractivity contribution in [1.82, 2.24) is 20.5 Å². The van der Waals surface area contributed by atoms with Gasteiger partial charge in [-0.15, -0.1) is 0 Å². The van der Waals surface area contributed by atoms with Gasteiger partial charge in [-0.05, 0) is 46.0 Å². The molecule has 1 saturated carbocycles. The molecule has 1 unspecified atom stereocenters. The summed E-state index contributed by atoms with van der Waals surface area (Å²) in [5.74, 6) is 3.18. The minimum Gasteiger partial charge on any atom is -0.444 e. The molecule has 0 radical (unpaired) electrons. The van der Waals surface area contributed by atoms with E-state index >= 15 is 0 Å². The molecule has 1 saturated heterocycles. The summed E-state index contributed by atoms with van der Waals surface area (Å²) in [6.45, 7) is 4.96. The average Bonchev–Trinajstić information content (AvgIpc) is 3.53. The largest absolute Gasteiger partial charge is 0.444 e. The number of alkyl halides is 3. The normalized spacial score (nSPS) is 19.7. The number of nitrogens with one attached hydrogen (secondary N) is 3. The number of aromatic nitrogens is 1. The van der Waals surface area contributed by atoms with Crippen LogP contribution in [-0.2, 0) is 19.1 Å². The van der Waals surface area contributed by atoms with Crippen molar-refractivity contribution in [3.63, 3.8) is 0 Å². The summed E-state index contributed by atoms with van der Waals surface area (Å²) in [6.07, 6.45) is 1.14. The van der Waals surface area contributed by atoms with Crippen LogP contribution >= 0.6 is 11.3 Å². The third-order valence-electron chi connectivity index (χ3n) is 6.75. The van der Waals surface area contributed by atoms with E-state index in [0.717, 1.165) is 43.4 Å². The van der Waals surface area contributed by atoms with E-state index in [1.807, 2.05) is 5.94 Å². The molecule has 0 spiro atoms. The van der Waals surface area contributed by atoms with Crippen molar-refractivity contribution in [2.75, 3.05) is 25.6 Å². The van der Waals surface area contributed by atoms with Crippen LogP contribution in [0.5, 0.6) is 0 Å². The van der Waals surface area contributed by atoms with Gasteiger partial charge in [0.1, 0.15) is 23.3 Å². The highest BCUT2D eigenvalue weighted by atomic mass is 32.1. The van der Waals surface area contributed by atoms with Gasteiger partial charge in [-0.3, -0.25) is 0 Å². The predicted molar refractivity (Wildman–Crippen MR) is 143 cm³/mol. The van der Waals surface area contributed by atoms with Crippen molar-refractivity contribution in [2.45, 2.75) is 89.2 Å². The Labute approximate surface area is 235 Å². The number of hydrogen-bond donors (Lipinski definition) is 3. The fourth-order valence-electron chi connectivity index (χ4n) is 4.93. The quantitative estimate of drug-likeness (QED) is 0.344. The van der Waals surface area contributed by atoms with Gasteiger partial charge in [0.25, 0.3) is 0 Å². The van der Waals surface area contributed by atoms with Gasteiger partial charge in [0.2, 0.25) is 0 Å². The van der Waals surface area contributed by atoms with E-state index in [1.165, 1.54) is 18.2 Å². The maximum Gasteiger partial charge on any atom is 0.410 e. The third kappa shape index (κ3) is 8.47. The molecule has 1 aromatic rings. The monoisotopic (exact) mass is 587 g/mol. The van der Waals surface area contributed by atoms with Gasteiger partial charge < -0.3 is 30.3 Å². The van der Waals surface area contributed by atoms with Crippen LogP contribution < -0.4 is 16.0 Å². The van der Waals surface area contributed by atoms with Gasteiger partial charge in [-0.25, -0.2) is 19.4 Å². The number of anilines is 1. The Balaban J connectivity index is 1.84. The molecule has 3 N–H and O–H groups in total. The van der Waals surface area contributed by atoms with Crippen LogP contribution in [-0.4, -0.2) is 72.0 Å². The number of rotatable bonds is 10. The first kappa shape index (κ1) is 31.5. The van der Waals surface area contributed by atoms with Gasteiger partial charge in [-0.1, -0.05) is 30.6 Å². The Hall–Kier alpha value is -3.05. The molecule has 222 valence electrons. The Morgan fingerprint density at radius 3 is 2.52 bits per heavy atom. The van der Waals surface area contributed by atoms with Crippen LogP contribution in [0.15, 0.2) is 17.7 Å². The fourth-order valence-corrected chi connectivity index (χ4v) is 5.90. The minimum atomic E-state index is -4.55. The second-order valence-electron chi connectivity index (χ2n) is 10.9. The maximum absolute atomic E-state index is 13.4. The van der Waals surface area contributed by atoms with Crippen LogP contribution in [0.2, 0.25) is 0 Å². The second-order valence-corrected chi connectivity index (χ2v) is 11.9. The summed E-state index contributed by atoms with van der Waals surface area (Å²) >= 11 is 1.12. The zero-order valence-corrected chi connectivity index (χ0v) is 23.8. The first-order chi connectivity index (χ1) is 18.9. The van der Waals surface area contributed by atoms with E-state index in [0.29, 0.717) is 10.0 Å². The highest BCUT2D eigenvalue weighted by molar-refractivity contribution is 7.15. The molecule has 3 rings (SSSR count). The van der Waals surface area contributed by atoms with Crippen molar-refractivity contribution in [2.24, 2.45) is 5.92 Å². The number of carbonyl (C=O) groups is 1. The maximum atomic E-state index is 13.4. The summed E-state index contributed by atoms with van der Waals surface area (Å²) in [7, 11) is 1.47. The lowest BCUT2D eigenvalue weighted by Crippen LogP contribution is -2.46. The van der Waals surface area contributed by atoms with Crippen molar-refractivity contribution < 1.29 is 37.0 Å². The summed E-state index contributed by atoms with van der Waals surface area (Å²) in [6, 6.07) is -3.27. The van der Waals surface area contributed by atoms with E-state index in [-0.39, 0.29) is 30.5 Å². The number of nitrogens with zero attached hydrogens (tertiary/aromatic N) is 2. The van der Waals surface area contributed by atoms with Crippen LogP contribution in [0.3, 0.4) is 0 Å². The number of halogens is 3. The molecule has 2 fully saturated rings. The zero-order valence-electron chi connectivity index (χ0n) is 23.0. The third-order valence-corrected chi connectivity index (χ3v) is 7.76. The van der Waals surface area contributed by atoms with Gasteiger partial charge in [0, 0.05) is 31.3 Å². The lowest BCUT2D eigenvalue weighted by molar-refractivity contribution is -0.150. The standard InChI is InChI=1S/C26H36F3N5O5S/c1-25(2,3)39-24(37)33-22(16-8-6-5-7-9-16)17(14-35)31-23-30-12-19(40-23)18(10-11-38-4)34-13-20(26(27,28)29)32-21(34)15-36/h12,16,18,20,22,32H,5-11,13H2,1-4H3,(H,30,31)(H,33,37)/t18?,20-,22-/m0/s1. The van der Waals surface area contributed by atoms with E-state index in [4.69, 9.17) is 9.47 Å². The Morgan fingerprint density at radius 2 is 1.95 bits per heavy atom. The highest BCUT2D eigenvalue weighted by Gasteiger charge is 2.47. The topological polar surface area (TPSA) is 122 Å². The SMILES string of the molecule is COCCC(c1cnc(NC(=C=O)[C@@H](NC(=O)OC(C)(C)C)C2CCCCC2)s1)N1C[C@@H](C(F)(F)F)NC1=C=O. The second kappa shape index (κ2) is 13.5. The first-order valence-corrected chi connectivity index (χ1v) is 14.0. The molecule has 40 heavy (non-hydrogen) atoms. The zero-order chi connectivity index (χ0) is 29.5. The van der Waals surface area contributed by atoms with Crippen molar-refractivity contribution in [3.05, 3.63) is 22.6 Å².